The smallest absolute Gasteiger partial charge is 0.361 e. The van der Waals surface area contributed by atoms with Gasteiger partial charge >= 0.3 is 6.18 Å². The molecule has 0 spiro atoms. The number of rotatable bonds is 4. The number of halogens is 3. The summed E-state index contributed by atoms with van der Waals surface area (Å²) in [6.45, 7) is 0.756. The lowest BCUT2D eigenvalue weighted by Crippen LogP contribution is -2.15. The third-order valence-corrected chi connectivity index (χ3v) is 5.03. The summed E-state index contributed by atoms with van der Waals surface area (Å²) in [6, 6.07) is 13.2. The van der Waals surface area contributed by atoms with Crippen LogP contribution in [0, 0.1) is 0 Å². The summed E-state index contributed by atoms with van der Waals surface area (Å²) in [4.78, 5) is 12.2. The van der Waals surface area contributed by atoms with E-state index in [1.807, 2.05) is 30.5 Å². The predicted molar refractivity (Wildman–Crippen MR) is 108 cm³/mol. The van der Waals surface area contributed by atoms with Gasteiger partial charge in [0.1, 0.15) is 0 Å². The summed E-state index contributed by atoms with van der Waals surface area (Å²) in [5, 5.41) is 0. The maximum Gasteiger partial charge on any atom is 0.416 e. The fraction of sp³-hybridized carbons (Fsp3) is 0.217. The summed E-state index contributed by atoms with van der Waals surface area (Å²) in [7, 11) is 0. The van der Waals surface area contributed by atoms with Crippen LogP contribution in [0.2, 0.25) is 0 Å². The van der Waals surface area contributed by atoms with Gasteiger partial charge in [-0.3, -0.25) is 9.98 Å². The number of benzene rings is 1. The van der Waals surface area contributed by atoms with Crippen molar-refractivity contribution < 1.29 is 13.2 Å². The van der Waals surface area contributed by atoms with Gasteiger partial charge in [-0.05, 0) is 72.4 Å². The first kappa shape index (κ1) is 19.2. The van der Waals surface area contributed by atoms with E-state index in [0.29, 0.717) is 6.42 Å². The van der Waals surface area contributed by atoms with Gasteiger partial charge in [0.25, 0.3) is 0 Å². The molecule has 0 aliphatic carbocycles. The molecular formula is C23H20F3N3. The molecule has 3 heterocycles. The summed E-state index contributed by atoms with van der Waals surface area (Å²) < 4.78 is 38.7. The Morgan fingerprint density at radius 2 is 1.86 bits per heavy atom. The number of allylic oxidation sites excluding steroid dienone is 2. The number of aliphatic imine (C=N–C) groups is 1. The van der Waals surface area contributed by atoms with Crippen molar-refractivity contribution in [2.45, 2.75) is 25.4 Å². The third kappa shape index (κ3) is 4.31. The molecule has 1 N–H and O–H groups in total. The van der Waals surface area contributed by atoms with Crippen LogP contribution in [0.4, 0.5) is 13.2 Å². The molecule has 2 aromatic heterocycles. The van der Waals surface area contributed by atoms with Crippen LogP contribution in [-0.4, -0.2) is 22.2 Å². The molecule has 0 bridgehead atoms. The van der Waals surface area contributed by atoms with Crippen LogP contribution >= 0.6 is 0 Å². The first-order valence-corrected chi connectivity index (χ1v) is 9.49. The van der Waals surface area contributed by atoms with Crippen LogP contribution < -0.4 is 0 Å². The molecule has 4 rings (SSSR count). The maximum absolute atomic E-state index is 12.9. The van der Waals surface area contributed by atoms with Gasteiger partial charge in [0, 0.05) is 36.4 Å². The molecule has 0 radical (unpaired) electrons. The Balaban J connectivity index is 1.76. The predicted octanol–water partition coefficient (Wildman–Crippen LogP) is 5.71. The van der Waals surface area contributed by atoms with E-state index in [4.69, 9.17) is 4.99 Å². The van der Waals surface area contributed by atoms with Crippen molar-refractivity contribution in [2.75, 3.05) is 6.54 Å². The number of nitrogens with one attached hydrogen (secondary N) is 1. The van der Waals surface area contributed by atoms with Crippen molar-refractivity contribution in [1.29, 1.82) is 0 Å². The van der Waals surface area contributed by atoms with Gasteiger partial charge in [0.15, 0.2) is 0 Å². The van der Waals surface area contributed by atoms with Crippen molar-refractivity contribution in [1.82, 2.24) is 9.97 Å². The molecule has 3 aromatic rings. The topological polar surface area (TPSA) is 41.0 Å². The van der Waals surface area contributed by atoms with Crippen LogP contribution in [-0.2, 0) is 12.6 Å². The molecule has 148 valence electrons. The van der Waals surface area contributed by atoms with Gasteiger partial charge in [-0.2, -0.15) is 13.2 Å². The molecule has 29 heavy (non-hydrogen) atoms. The number of nitrogens with zero attached hydrogens (tertiary/aromatic N) is 2. The lowest BCUT2D eigenvalue weighted by atomic mass is 9.88. The quantitative estimate of drug-likeness (QED) is 0.604. The van der Waals surface area contributed by atoms with Gasteiger partial charge in [-0.15, -0.1) is 0 Å². The fourth-order valence-corrected chi connectivity index (χ4v) is 3.62. The Kier molecular flexibility index (Phi) is 5.34. The standard InChI is InChI=1S/C23H20F3N3/c24-23(25,26)18-9-7-16(8-10-18)14-20(21-6-3-12-28-21)19-5-2-13-29-22(19)17-4-1-11-27-15-17/h1,3-4,6-12,15,28H,2,5,13-14H2. The van der Waals surface area contributed by atoms with Crippen LogP contribution in [0.1, 0.15) is 35.2 Å². The highest BCUT2D eigenvalue weighted by Crippen LogP contribution is 2.32. The first-order valence-electron chi connectivity index (χ1n) is 9.49. The molecule has 0 amide bonds. The molecule has 0 saturated heterocycles. The molecule has 1 aliphatic rings. The largest absolute Gasteiger partial charge is 0.416 e. The molecular weight excluding hydrogens is 375 g/mol. The van der Waals surface area contributed by atoms with E-state index in [1.54, 1.807) is 24.5 Å². The Hall–Kier alpha value is -3.15. The number of aromatic nitrogens is 2. The number of hydrogen-bond donors (Lipinski definition) is 1. The maximum atomic E-state index is 12.9. The molecule has 1 aromatic carbocycles. The van der Waals surface area contributed by atoms with E-state index in [9.17, 15) is 13.2 Å². The van der Waals surface area contributed by atoms with Crippen LogP contribution in [0.15, 0.2) is 77.7 Å². The minimum absolute atomic E-state index is 0.521. The zero-order valence-electron chi connectivity index (χ0n) is 15.7. The second kappa shape index (κ2) is 8.07. The molecule has 3 nitrogen and oxygen atoms in total. The number of alkyl halides is 3. The molecule has 0 unspecified atom stereocenters. The average Bonchev–Trinajstić information content (AvgIpc) is 3.27. The zero-order chi connectivity index (χ0) is 20.3. The van der Waals surface area contributed by atoms with E-state index in [0.717, 1.165) is 65.2 Å². The second-order valence-electron chi connectivity index (χ2n) is 6.99. The monoisotopic (exact) mass is 395 g/mol. The van der Waals surface area contributed by atoms with Crippen LogP contribution in [0.3, 0.4) is 0 Å². The Morgan fingerprint density at radius 1 is 1.03 bits per heavy atom. The van der Waals surface area contributed by atoms with Crippen molar-refractivity contribution in [2.24, 2.45) is 4.99 Å². The second-order valence-corrected chi connectivity index (χ2v) is 6.99. The van der Waals surface area contributed by atoms with Crippen molar-refractivity contribution in [3.63, 3.8) is 0 Å². The van der Waals surface area contributed by atoms with Gasteiger partial charge in [-0.1, -0.05) is 12.1 Å². The lowest BCUT2D eigenvalue weighted by Gasteiger charge is -2.21. The highest BCUT2D eigenvalue weighted by molar-refractivity contribution is 6.16. The molecule has 0 atom stereocenters. The number of pyridine rings is 1. The van der Waals surface area contributed by atoms with Gasteiger partial charge in [0.05, 0.1) is 11.3 Å². The summed E-state index contributed by atoms with van der Waals surface area (Å²) in [5.41, 5.74) is 5.19. The Bertz CT molecular complexity index is 1020. The SMILES string of the molecule is FC(F)(F)c1ccc(CC(=C2CCCN=C2c2cccnc2)c2ccc[nH]2)cc1. The summed E-state index contributed by atoms with van der Waals surface area (Å²) >= 11 is 0. The summed E-state index contributed by atoms with van der Waals surface area (Å²) in [5.74, 6) is 0. The van der Waals surface area contributed by atoms with Gasteiger partial charge in [0.2, 0.25) is 0 Å². The van der Waals surface area contributed by atoms with E-state index in [1.165, 1.54) is 0 Å². The lowest BCUT2D eigenvalue weighted by molar-refractivity contribution is -0.137. The van der Waals surface area contributed by atoms with E-state index in [-0.39, 0.29) is 0 Å². The highest BCUT2D eigenvalue weighted by atomic mass is 19.4. The van der Waals surface area contributed by atoms with Crippen molar-refractivity contribution in [3.05, 3.63) is 95.1 Å². The molecule has 0 fully saturated rings. The number of H-pyrrole nitrogens is 1. The van der Waals surface area contributed by atoms with Gasteiger partial charge < -0.3 is 4.98 Å². The van der Waals surface area contributed by atoms with Crippen LogP contribution in [0.5, 0.6) is 0 Å². The van der Waals surface area contributed by atoms with E-state index >= 15 is 0 Å². The van der Waals surface area contributed by atoms with Crippen LogP contribution in [0.25, 0.3) is 5.57 Å². The Morgan fingerprint density at radius 3 is 2.52 bits per heavy atom. The van der Waals surface area contributed by atoms with Gasteiger partial charge in [-0.25, -0.2) is 0 Å². The first-order chi connectivity index (χ1) is 14.0. The number of hydrogen-bond acceptors (Lipinski definition) is 2. The molecule has 1 aliphatic heterocycles. The average molecular weight is 395 g/mol. The van der Waals surface area contributed by atoms with Crippen molar-refractivity contribution in [3.8, 4) is 0 Å². The third-order valence-electron chi connectivity index (χ3n) is 5.03. The normalized spacial score (nSPS) is 16.4. The minimum atomic E-state index is -4.33. The molecule has 6 heteroatoms. The highest BCUT2D eigenvalue weighted by Gasteiger charge is 2.30. The fourth-order valence-electron chi connectivity index (χ4n) is 3.62. The molecule has 0 saturated carbocycles. The zero-order valence-corrected chi connectivity index (χ0v) is 15.7. The minimum Gasteiger partial charge on any atom is -0.361 e. The number of aromatic amines is 1. The Labute approximate surface area is 167 Å². The van der Waals surface area contributed by atoms with Crippen molar-refractivity contribution >= 4 is 11.3 Å². The van der Waals surface area contributed by atoms with E-state index < -0.39 is 11.7 Å². The van der Waals surface area contributed by atoms with E-state index in [2.05, 4.69) is 9.97 Å². The summed E-state index contributed by atoms with van der Waals surface area (Å²) in [6.07, 6.45) is 3.38.